The second-order valence-electron chi connectivity index (χ2n) is 5.70. The number of rotatable bonds is 5. The lowest BCUT2D eigenvalue weighted by atomic mass is 10.0. The van der Waals surface area contributed by atoms with Crippen molar-refractivity contribution in [2.24, 2.45) is 5.92 Å². The van der Waals surface area contributed by atoms with Crippen LogP contribution in [-0.2, 0) is 16.1 Å². The monoisotopic (exact) mass is 276 g/mol. The van der Waals surface area contributed by atoms with Gasteiger partial charge < -0.3 is 15.4 Å². The van der Waals surface area contributed by atoms with Crippen molar-refractivity contribution in [3.05, 3.63) is 29.8 Å². The summed E-state index contributed by atoms with van der Waals surface area (Å²) in [6.07, 6.45) is 0.822. The second kappa shape index (κ2) is 6.86. The summed E-state index contributed by atoms with van der Waals surface area (Å²) in [5, 5.41) is 6.37. The van der Waals surface area contributed by atoms with Gasteiger partial charge in [-0.2, -0.15) is 0 Å². The third-order valence-corrected chi connectivity index (χ3v) is 3.62. The molecular formula is C16H24N2O2. The predicted octanol–water partition coefficient (Wildman–Crippen LogP) is 2.55. The molecule has 2 N–H and O–H groups in total. The maximum Gasteiger partial charge on any atom is 0.230 e. The average Bonchev–Trinajstić information content (AvgIpc) is 2.83. The molecule has 4 heteroatoms. The highest BCUT2D eigenvalue weighted by Gasteiger charge is 2.30. The van der Waals surface area contributed by atoms with E-state index in [1.807, 2.05) is 25.1 Å². The molecule has 4 nitrogen and oxygen atoms in total. The number of anilines is 1. The maximum atomic E-state index is 12.2. The summed E-state index contributed by atoms with van der Waals surface area (Å²) in [5.41, 5.74) is 2.03. The first-order valence-corrected chi connectivity index (χ1v) is 7.31. The molecule has 1 aromatic carbocycles. The number of carbonyl (C=O) groups excluding carboxylic acids is 1. The highest BCUT2D eigenvalue weighted by atomic mass is 16.5. The fraction of sp³-hybridized carbons (Fsp3) is 0.562. The van der Waals surface area contributed by atoms with Gasteiger partial charge in [-0.1, -0.05) is 26.0 Å². The Kier molecular flexibility index (Phi) is 5.15. The van der Waals surface area contributed by atoms with Gasteiger partial charge in [0, 0.05) is 24.9 Å². The molecular weight excluding hydrogens is 252 g/mol. The fourth-order valence-electron chi connectivity index (χ4n) is 2.39. The number of hydrogen-bond donors (Lipinski definition) is 2. The van der Waals surface area contributed by atoms with E-state index in [2.05, 4.69) is 30.5 Å². The molecule has 1 heterocycles. The van der Waals surface area contributed by atoms with Crippen LogP contribution in [0.2, 0.25) is 0 Å². The first kappa shape index (κ1) is 15.0. The molecule has 2 atom stereocenters. The number of carbonyl (C=O) groups is 1. The number of hydrogen-bond acceptors (Lipinski definition) is 3. The van der Waals surface area contributed by atoms with Gasteiger partial charge in [0.05, 0.1) is 12.0 Å². The molecule has 0 spiro atoms. The van der Waals surface area contributed by atoms with Gasteiger partial charge in [0.1, 0.15) is 0 Å². The van der Waals surface area contributed by atoms with Gasteiger partial charge in [0.15, 0.2) is 0 Å². The van der Waals surface area contributed by atoms with Crippen LogP contribution in [0.1, 0.15) is 32.8 Å². The topological polar surface area (TPSA) is 50.4 Å². The summed E-state index contributed by atoms with van der Waals surface area (Å²) in [4.78, 5) is 12.2. The zero-order valence-electron chi connectivity index (χ0n) is 12.5. The van der Waals surface area contributed by atoms with Crippen molar-refractivity contribution in [1.82, 2.24) is 5.32 Å². The molecule has 0 aromatic heterocycles. The number of nitrogens with one attached hydrogen (secondary N) is 2. The van der Waals surface area contributed by atoms with E-state index < -0.39 is 0 Å². The van der Waals surface area contributed by atoms with Crippen LogP contribution in [-0.4, -0.2) is 24.7 Å². The zero-order chi connectivity index (χ0) is 14.5. The van der Waals surface area contributed by atoms with Crippen LogP contribution in [0.15, 0.2) is 24.3 Å². The van der Waals surface area contributed by atoms with Crippen molar-refractivity contribution in [2.75, 3.05) is 11.9 Å². The molecule has 2 unspecified atom stereocenters. The molecule has 0 aliphatic carbocycles. The van der Waals surface area contributed by atoms with Crippen molar-refractivity contribution in [2.45, 2.75) is 45.9 Å². The molecule has 1 aliphatic heterocycles. The van der Waals surface area contributed by atoms with Crippen LogP contribution in [0, 0.1) is 5.92 Å². The number of ether oxygens (including phenoxy) is 1. The Morgan fingerprint density at radius 1 is 1.45 bits per heavy atom. The predicted molar refractivity (Wildman–Crippen MR) is 80.6 cm³/mol. The third kappa shape index (κ3) is 4.05. The summed E-state index contributed by atoms with van der Waals surface area (Å²) < 4.78 is 5.44. The summed E-state index contributed by atoms with van der Waals surface area (Å²) in [7, 11) is 0. The van der Waals surface area contributed by atoms with Crippen molar-refractivity contribution < 1.29 is 9.53 Å². The van der Waals surface area contributed by atoms with Crippen LogP contribution in [0.5, 0.6) is 0 Å². The smallest absolute Gasteiger partial charge is 0.230 e. The summed E-state index contributed by atoms with van der Waals surface area (Å²) >= 11 is 0. The van der Waals surface area contributed by atoms with Gasteiger partial charge >= 0.3 is 0 Å². The summed E-state index contributed by atoms with van der Waals surface area (Å²) in [6, 6.07) is 8.43. The lowest BCUT2D eigenvalue weighted by molar-refractivity contribution is -0.121. The van der Waals surface area contributed by atoms with Gasteiger partial charge in [-0.15, -0.1) is 0 Å². The van der Waals surface area contributed by atoms with Gasteiger partial charge in [0.2, 0.25) is 5.91 Å². The lowest BCUT2D eigenvalue weighted by Crippen LogP contribution is -2.27. The minimum absolute atomic E-state index is 0.0146. The van der Waals surface area contributed by atoms with E-state index in [4.69, 9.17) is 4.74 Å². The van der Waals surface area contributed by atoms with Gasteiger partial charge in [0.25, 0.3) is 0 Å². The Morgan fingerprint density at radius 2 is 2.25 bits per heavy atom. The van der Waals surface area contributed by atoms with Gasteiger partial charge in [-0.25, -0.2) is 0 Å². The molecule has 1 aromatic rings. The van der Waals surface area contributed by atoms with Crippen molar-refractivity contribution >= 4 is 11.6 Å². The highest BCUT2D eigenvalue weighted by Crippen LogP contribution is 2.22. The first-order chi connectivity index (χ1) is 9.56. The summed E-state index contributed by atoms with van der Waals surface area (Å²) in [6.45, 7) is 7.68. The largest absolute Gasteiger partial charge is 0.378 e. The number of benzene rings is 1. The van der Waals surface area contributed by atoms with E-state index in [0.717, 1.165) is 18.7 Å². The molecule has 1 saturated heterocycles. The molecule has 1 aliphatic rings. The Bertz CT molecular complexity index is 460. The van der Waals surface area contributed by atoms with E-state index in [1.54, 1.807) is 0 Å². The molecule has 1 amide bonds. The molecule has 0 radical (unpaired) electrons. The quantitative estimate of drug-likeness (QED) is 0.869. The Balaban J connectivity index is 1.95. The van der Waals surface area contributed by atoms with Crippen LogP contribution in [0.4, 0.5) is 5.69 Å². The van der Waals surface area contributed by atoms with Crippen LogP contribution in [0.3, 0.4) is 0 Å². The van der Waals surface area contributed by atoms with Gasteiger partial charge in [-0.3, -0.25) is 4.79 Å². The second-order valence-corrected chi connectivity index (χ2v) is 5.70. The van der Waals surface area contributed by atoms with Crippen molar-refractivity contribution in [3.8, 4) is 0 Å². The van der Waals surface area contributed by atoms with Gasteiger partial charge in [-0.05, 0) is 31.0 Å². The lowest BCUT2D eigenvalue weighted by Gasteiger charge is -2.15. The van der Waals surface area contributed by atoms with Crippen LogP contribution < -0.4 is 10.6 Å². The standard InChI is InChI=1S/C16H24N2O2/c1-11(2)17-10-13-5-4-6-14(9-13)18-16(19)15-7-8-20-12(15)3/h4-6,9,11-12,15,17H,7-8,10H2,1-3H3,(H,18,19). The Hall–Kier alpha value is -1.39. The fourth-order valence-corrected chi connectivity index (χ4v) is 2.39. The van der Waals surface area contributed by atoms with E-state index in [9.17, 15) is 4.79 Å². The normalized spacial score (nSPS) is 22.2. The number of amides is 1. The minimum Gasteiger partial charge on any atom is -0.378 e. The van der Waals surface area contributed by atoms with Crippen molar-refractivity contribution in [3.63, 3.8) is 0 Å². The minimum atomic E-state index is -0.0348. The third-order valence-electron chi connectivity index (χ3n) is 3.62. The van der Waals surface area contributed by atoms with E-state index in [0.29, 0.717) is 12.6 Å². The Labute approximate surface area is 120 Å². The summed E-state index contributed by atoms with van der Waals surface area (Å²) in [5.74, 6) is 0.0245. The highest BCUT2D eigenvalue weighted by molar-refractivity contribution is 5.93. The molecule has 0 saturated carbocycles. The van der Waals surface area contributed by atoms with E-state index >= 15 is 0 Å². The maximum absolute atomic E-state index is 12.2. The molecule has 110 valence electrons. The van der Waals surface area contributed by atoms with Crippen LogP contribution >= 0.6 is 0 Å². The van der Waals surface area contributed by atoms with E-state index in [1.165, 1.54) is 5.56 Å². The molecule has 0 bridgehead atoms. The Morgan fingerprint density at radius 3 is 2.90 bits per heavy atom. The average molecular weight is 276 g/mol. The van der Waals surface area contributed by atoms with E-state index in [-0.39, 0.29) is 17.9 Å². The molecule has 1 fully saturated rings. The molecule has 2 rings (SSSR count). The zero-order valence-corrected chi connectivity index (χ0v) is 12.5. The SMILES string of the molecule is CC(C)NCc1cccc(NC(=O)C2CCOC2C)c1. The molecule has 20 heavy (non-hydrogen) atoms. The first-order valence-electron chi connectivity index (χ1n) is 7.31. The van der Waals surface area contributed by atoms with Crippen LogP contribution in [0.25, 0.3) is 0 Å². The van der Waals surface area contributed by atoms with Crippen molar-refractivity contribution in [1.29, 1.82) is 0 Å².